The summed E-state index contributed by atoms with van der Waals surface area (Å²) in [5.74, 6) is -0.192. The molecule has 0 bridgehead atoms. The molecule has 0 spiro atoms. The minimum Gasteiger partial charge on any atom is -0.325 e. The first-order chi connectivity index (χ1) is 8.96. The zero-order valence-corrected chi connectivity index (χ0v) is 11.5. The van der Waals surface area contributed by atoms with Gasteiger partial charge in [-0.15, -0.1) is 0 Å². The fourth-order valence-corrected chi connectivity index (χ4v) is 2.42. The van der Waals surface area contributed by atoms with Gasteiger partial charge in [0.15, 0.2) is 0 Å². The Labute approximate surface area is 114 Å². The van der Waals surface area contributed by atoms with Gasteiger partial charge in [0.2, 0.25) is 0 Å². The van der Waals surface area contributed by atoms with Crippen molar-refractivity contribution < 1.29 is 4.39 Å². The normalized spacial score (nSPS) is 14.1. The molecule has 0 saturated heterocycles. The quantitative estimate of drug-likeness (QED) is 0.889. The van der Waals surface area contributed by atoms with Crippen molar-refractivity contribution in [1.82, 2.24) is 0 Å². The Bertz CT molecular complexity index is 546. The highest BCUT2D eigenvalue weighted by atomic mass is 19.1. The smallest absolute Gasteiger partial charge is 0.123 e. The lowest BCUT2D eigenvalue weighted by atomic mass is 9.86. The fourth-order valence-electron chi connectivity index (χ4n) is 2.42. The van der Waals surface area contributed by atoms with E-state index in [0.717, 1.165) is 24.0 Å². The predicted octanol–water partition coefficient (Wildman–Crippen LogP) is 3.64. The van der Waals surface area contributed by atoms with Crippen LogP contribution in [0.2, 0.25) is 0 Å². The van der Waals surface area contributed by atoms with E-state index in [2.05, 4.69) is 12.1 Å². The molecule has 1 unspecified atom stereocenters. The highest BCUT2D eigenvalue weighted by molar-refractivity contribution is 5.29. The van der Waals surface area contributed by atoms with Crippen LogP contribution in [0, 0.1) is 12.7 Å². The Morgan fingerprint density at radius 1 is 1.05 bits per heavy atom. The molecular weight excluding hydrogens is 237 g/mol. The SMILES string of the molecule is Cc1cc(F)ccc1CC(C)(N)Cc1ccccc1. The van der Waals surface area contributed by atoms with Crippen LogP contribution >= 0.6 is 0 Å². The van der Waals surface area contributed by atoms with Gasteiger partial charge in [0.25, 0.3) is 0 Å². The summed E-state index contributed by atoms with van der Waals surface area (Å²) in [4.78, 5) is 0. The first-order valence-electron chi connectivity index (χ1n) is 6.54. The summed E-state index contributed by atoms with van der Waals surface area (Å²) in [5.41, 5.74) is 9.37. The standard InChI is InChI=1S/C17H20FN/c1-13-10-16(18)9-8-15(13)12-17(2,19)11-14-6-4-3-5-7-14/h3-10H,11-12,19H2,1-2H3. The maximum atomic E-state index is 13.1. The Hall–Kier alpha value is -1.67. The van der Waals surface area contributed by atoms with Gasteiger partial charge < -0.3 is 5.73 Å². The summed E-state index contributed by atoms with van der Waals surface area (Å²) < 4.78 is 13.1. The summed E-state index contributed by atoms with van der Waals surface area (Å²) in [6.45, 7) is 3.97. The van der Waals surface area contributed by atoms with Crippen LogP contribution in [0.15, 0.2) is 48.5 Å². The molecule has 0 aliphatic rings. The summed E-state index contributed by atoms with van der Waals surface area (Å²) in [5, 5.41) is 0. The Balaban J connectivity index is 2.12. The Morgan fingerprint density at radius 3 is 2.37 bits per heavy atom. The third-order valence-corrected chi connectivity index (χ3v) is 3.35. The van der Waals surface area contributed by atoms with Crippen molar-refractivity contribution in [1.29, 1.82) is 0 Å². The number of halogens is 1. The molecule has 0 amide bonds. The van der Waals surface area contributed by atoms with Gasteiger partial charge >= 0.3 is 0 Å². The number of rotatable bonds is 4. The van der Waals surface area contributed by atoms with E-state index in [0.29, 0.717) is 0 Å². The molecule has 2 aromatic carbocycles. The van der Waals surface area contributed by atoms with E-state index in [1.54, 1.807) is 6.07 Å². The summed E-state index contributed by atoms with van der Waals surface area (Å²) >= 11 is 0. The fraction of sp³-hybridized carbons (Fsp3) is 0.294. The number of hydrogen-bond donors (Lipinski definition) is 1. The van der Waals surface area contributed by atoms with E-state index in [1.807, 2.05) is 38.1 Å². The predicted molar refractivity (Wildman–Crippen MR) is 77.6 cm³/mol. The molecule has 2 rings (SSSR count). The van der Waals surface area contributed by atoms with Crippen molar-refractivity contribution in [2.75, 3.05) is 0 Å². The molecule has 2 aromatic rings. The molecular formula is C17H20FN. The monoisotopic (exact) mass is 257 g/mol. The van der Waals surface area contributed by atoms with Crippen LogP contribution in [-0.4, -0.2) is 5.54 Å². The molecule has 0 fully saturated rings. The average Bonchev–Trinajstić information content (AvgIpc) is 2.33. The molecule has 0 aliphatic carbocycles. The maximum absolute atomic E-state index is 13.1. The Morgan fingerprint density at radius 2 is 1.74 bits per heavy atom. The van der Waals surface area contributed by atoms with Crippen LogP contribution in [0.3, 0.4) is 0 Å². The average molecular weight is 257 g/mol. The Kier molecular flexibility index (Phi) is 4.01. The van der Waals surface area contributed by atoms with Gasteiger partial charge in [-0.2, -0.15) is 0 Å². The van der Waals surface area contributed by atoms with Crippen molar-refractivity contribution in [3.05, 3.63) is 71.0 Å². The third kappa shape index (κ3) is 3.90. The molecule has 0 aliphatic heterocycles. The summed E-state index contributed by atoms with van der Waals surface area (Å²) in [7, 11) is 0. The van der Waals surface area contributed by atoms with Gasteiger partial charge in [-0.1, -0.05) is 36.4 Å². The molecule has 19 heavy (non-hydrogen) atoms. The minimum atomic E-state index is -0.329. The van der Waals surface area contributed by atoms with Gasteiger partial charge in [0.05, 0.1) is 0 Å². The largest absolute Gasteiger partial charge is 0.325 e. The van der Waals surface area contributed by atoms with E-state index >= 15 is 0 Å². The topological polar surface area (TPSA) is 26.0 Å². The minimum absolute atomic E-state index is 0.192. The molecule has 2 N–H and O–H groups in total. The lowest BCUT2D eigenvalue weighted by Gasteiger charge is -2.26. The number of nitrogens with two attached hydrogens (primary N) is 1. The van der Waals surface area contributed by atoms with Gasteiger partial charge in [-0.25, -0.2) is 4.39 Å². The molecule has 1 nitrogen and oxygen atoms in total. The maximum Gasteiger partial charge on any atom is 0.123 e. The van der Waals surface area contributed by atoms with Crippen LogP contribution in [0.4, 0.5) is 4.39 Å². The van der Waals surface area contributed by atoms with Crippen molar-refractivity contribution in [2.45, 2.75) is 32.2 Å². The van der Waals surface area contributed by atoms with E-state index in [9.17, 15) is 4.39 Å². The zero-order valence-electron chi connectivity index (χ0n) is 11.5. The molecule has 0 radical (unpaired) electrons. The first kappa shape index (κ1) is 13.8. The van der Waals surface area contributed by atoms with E-state index in [4.69, 9.17) is 5.73 Å². The van der Waals surface area contributed by atoms with Gasteiger partial charge in [0.1, 0.15) is 5.82 Å². The summed E-state index contributed by atoms with van der Waals surface area (Å²) in [6, 6.07) is 15.1. The van der Waals surface area contributed by atoms with Gasteiger partial charge in [-0.05, 0) is 55.5 Å². The van der Waals surface area contributed by atoms with Gasteiger partial charge in [0, 0.05) is 5.54 Å². The van der Waals surface area contributed by atoms with Crippen LogP contribution in [0.25, 0.3) is 0 Å². The van der Waals surface area contributed by atoms with Crippen molar-refractivity contribution in [3.8, 4) is 0 Å². The highest BCUT2D eigenvalue weighted by Gasteiger charge is 2.20. The van der Waals surface area contributed by atoms with Crippen molar-refractivity contribution in [3.63, 3.8) is 0 Å². The molecule has 100 valence electrons. The summed E-state index contributed by atoms with van der Waals surface area (Å²) in [6.07, 6.45) is 1.55. The molecule has 0 heterocycles. The lowest BCUT2D eigenvalue weighted by molar-refractivity contribution is 0.461. The van der Waals surface area contributed by atoms with E-state index in [-0.39, 0.29) is 11.4 Å². The number of aryl methyl sites for hydroxylation is 1. The van der Waals surface area contributed by atoms with E-state index < -0.39 is 0 Å². The van der Waals surface area contributed by atoms with Crippen LogP contribution < -0.4 is 5.73 Å². The molecule has 0 saturated carbocycles. The number of hydrogen-bond acceptors (Lipinski definition) is 1. The zero-order chi connectivity index (χ0) is 13.9. The molecule has 2 heteroatoms. The van der Waals surface area contributed by atoms with Crippen molar-refractivity contribution in [2.24, 2.45) is 5.73 Å². The second-order valence-corrected chi connectivity index (χ2v) is 5.56. The highest BCUT2D eigenvalue weighted by Crippen LogP contribution is 2.19. The number of benzene rings is 2. The second kappa shape index (κ2) is 5.54. The van der Waals surface area contributed by atoms with Crippen LogP contribution in [0.5, 0.6) is 0 Å². The third-order valence-electron chi connectivity index (χ3n) is 3.35. The van der Waals surface area contributed by atoms with E-state index in [1.165, 1.54) is 11.6 Å². The van der Waals surface area contributed by atoms with Crippen molar-refractivity contribution >= 4 is 0 Å². The van der Waals surface area contributed by atoms with Crippen LogP contribution in [0.1, 0.15) is 23.6 Å². The molecule has 0 aromatic heterocycles. The van der Waals surface area contributed by atoms with Gasteiger partial charge in [-0.3, -0.25) is 0 Å². The van der Waals surface area contributed by atoms with Crippen LogP contribution in [-0.2, 0) is 12.8 Å². The lowest BCUT2D eigenvalue weighted by Crippen LogP contribution is -2.41. The molecule has 1 atom stereocenters. The first-order valence-corrected chi connectivity index (χ1v) is 6.54. The second-order valence-electron chi connectivity index (χ2n) is 5.56.